The Balaban J connectivity index is 0. The van der Waals surface area contributed by atoms with Crippen LogP contribution in [0.1, 0.15) is 13.8 Å². The van der Waals surface area contributed by atoms with Gasteiger partial charge in [-0.2, -0.15) is 6.92 Å². The molecule has 2 nitrogen and oxygen atoms in total. The van der Waals surface area contributed by atoms with Crippen molar-refractivity contribution in [2.24, 2.45) is 0 Å². The first-order valence-electron chi connectivity index (χ1n) is 2.57. The van der Waals surface area contributed by atoms with E-state index in [-0.39, 0.29) is 26.8 Å². The van der Waals surface area contributed by atoms with Gasteiger partial charge in [0.1, 0.15) is 0 Å². The van der Waals surface area contributed by atoms with Gasteiger partial charge in [0.25, 0.3) is 0 Å². The summed E-state index contributed by atoms with van der Waals surface area (Å²) in [7, 11) is 3.72. The smallest absolute Gasteiger partial charge is 0.437 e. The van der Waals surface area contributed by atoms with Crippen molar-refractivity contribution in [3.63, 3.8) is 0 Å². The molecule has 0 radical (unpaired) electrons. The molecule has 0 rings (SSSR count). The molecule has 0 aliphatic rings. The molecular formula is C6H12NOW+. The largest absolute Gasteiger partial charge is 2.00 e. The van der Waals surface area contributed by atoms with Crippen molar-refractivity contribution in [2.45, 2.75) is 13.8 Å². The van der Waals surface area contributed by atoms with E-state index in [0.29, 0.717) is 0 Å². The van der Waals surface area contributed by atoms with Gasteiger partial charge < -0.3 is 9.69 Å². The van der Waals surface area contributed by atoms with Crippen LogP contribution in [0.3, 0.4) is 0 Å². The second-order valence-corrected chi connectivity index (χ2v) is 2.04. The summed E-state index contributed by atoms with van der Waals surface area (Å²) in [5, 5.41) is 0. The third-order valence-corrected chi connectivity index (χ3v) is 1.18. The van der Waals surface area contributed by atoms with Crippen molar-refractivity contribution >= 4 is 5.78 Å². The maximum absolute atomic E-state index is 10.5. The summed E-state index contributed by atoms with van der Waals surface area (Å²) in [4.78, 5) is 12.3. The summed E-state index contributed by atoms with van der Waals surface area (Å²) < 4.78 is 0. The number of nitrogens with zero attached hydrogens (tertiary/aromatic N) is 1. The Morgan fingerprint density at radius 1 is 1.44 bits per heavy atom. The van der Waals surface area contributed by atoms with Gasteiger partial charge in [-0.3, -0.25) is 6.04 Å². The summed E-state index contributed by atoms with van der Waals surface area (Å²) in [6.45, 7) is 3.37. The van der Waals surface area contributed by atoms with Gasteiger partial charge in [-0.15, -0.1) is 0 Å². The van der Waals surface area contributed by atoms with Crippen LogP contribution >= 0.6 is 0 Å². The van der Waals surface area contributed by atoms with Crippen LogP contribution in [0.25, 0.3) is 0 Å². The van der Waals surface area contributed by atoms with Gasteiger partial charge in [0.05, 0.1) is 0 Å². The van der Waals surface area contributed by atoms with Gasteiger partial charge in [-0.1, -0.05) is 0 Å². The second kappa shape index (κ2) is 5.01. The molecule has 0 unspecified atom stereocenters. The Morgan fingerprint density at radius 3 is 1.78 bits per heavy atom. The molecule has 0 spiro atoms. The van der Waals surface area contributed by atoms with Crippen molar-refractivity contribution in [2.75, 3.05) is 14.1 Å². The zero-order valence-electron chi connectivity index (χ0n) is 6.26. The molecule has 3 heteroatoms. The number of rotatable bonds is 2. The number of carbonyl (C=O) groups is 1. The number of Topliss-reactive ketones (excluding diaryl/α,β-unsaturated/α-hetero) is 1. The fraction of sp³-hybridized carbons (Fsp3) is 0.667. The summed E-state index contributed by atoms with van der Waals surface area (Å²) in [5.74, 6) is 0.134. The fourth-order valence-corrected chi connectivity index (χ4v) is 0.315. The summed E-state index contributed by atoms with van der Waals surface area (Å²) >= 11 is 0. The van der Waals surface area contributed by atoms with Crippen LogP contribution in [-0.2, 0) is 25.9 Å². The van der Waals surface area contributed by atoms with Crippen molar-refractivity contribution in [1.82, 2.24) is 4.90 Å². The number of ketones is 1. The van der Waals surface area contributed by atoms with Crippen molar-refractivity contribution in [3.05, 3.63) is 6.04 Å². The van der Waals surface area contributed by atoms with Crippen LogP contribution in [0, 0.1) is 6.04 Å². The average molecular weight is 298 g/mol. The van der Waals surface area contributed by atoms with Crippen LogP contribution in [0.4, 0.5) is 0 Å². The second-order valence-electron chi connectivity index (χ2n) is 2.04. The number of likely N-dealkylation sites (N-methyl/N-ethyl adjacent to an activating group) is 1. The van der Waals surface area contributed by atoms with E-state index in [2.05, 4.69) is 0 Å². The summed E-state index contributed by atoms with van der Waals surface area (Å²) in [5.41, 5.74) is 0. The molecule has 0 atom stereocenters. The van der Waals surface area contributed by atoms with Crippen LogP contribution in [0.5, 0.6) is 0 Å². The Morgan fingerprint density at radius 2 is 1.78 bits per heavy atom. The molecule has 0 aliphatic carbocycles. The van der Waals surface area contributed by atoms with E-state index in [1.807, 2.05) is 25.9 Å². The molecule has 52 valence electrons. The zero-order valence-corrected chi connectivity index (χ0v) is 9.20. The minimum Gasteiger partial charge on any atom is -0.437 e. The first kappa shape index (κ1) is 11.9. The molecule has 0 aromatic rings. The van der Waals surface area contributed by atoms with Crippen LogP contribution < -0.4 is 0 Å². The maximum Gasteiger partial charge on any atom is 2.00 e. The van der Waals surface area contributed by atoms with Crippen LogP contribution in [0.2, 0.25) is 0 Å². The van der Waals surface area contributed by atoms with Crippen molar-refractivity contribution in [3.8, 4) is 0 Å². The first-order chi connectivity index (χ1) is 3.55. The SMILES string of the molecule is CC(=O)[C-](C)N(C)C.[W+2]. The first-order valence-corrected chi connectivity index (χ1v) is 2.57. The van der Waals surface area contributed by atoms with E-state index in [0.717, 1.165) is 6.04 Å². The third kappa shape index (κ3) is 4.68. The molecule has 0 amide bonds. The van der Waals surface area contributed by atoms with Crippen molar-refractivity contribution in [1.29, 1.82) is 0 Å². The molecule has 0 N–H and O–H groups in total. The molecule has 0 bridgehead atoms. The molecular weight excluding hydrogens is 286 g/mol. The minimum absolute atomic E-state index is 0. The number of hydrogen-bond acceptors (Lipinski definition) is 2. The minimum atomic E-state index is 0. The predicted octanol–water partition coefficient (Wildman–Crippen LogP) is 0.686. The van der Waals surface area contributed by atoms with E-state index >= 15 is 0 Å². The van der Waals surface area contributed by atoms with E-state index in [1.54, 1.807) is 6.92 Å². The molecule has 0 saturated carbocycles. The molecule has 0 heterocycles. The van der Waals surface area contributed by atoms with E-state index < -0.39 is 0 Å². The predicted molar refractivity (Wildman–Crippen MR) is 33.3 cm³/mol. The number of hydrogen-bond donors (Lipinski definition) is 0. The zero-order chi connectivity index (χ0) is 6.73. The Kier molecular flexibility index (Phi) is 6.64. The summed E-state index contributed by atoms with van der Waals surface area (Å²) in [6.07, 6.45) is 0. The van der Waals surface area contributed by atoms with Gasteiger partial charge in [0.2, 0.25) is 0 Å². The summed E-state index contributed by atoms with van der Waals surface area (Å²) in [6, 6.07) is 0.796. The van der Waals surface area contributed by atoms with Crippen LogP contribution in [-0.4, -0.2) is 24.8 Å². The quantitative estimate of drug-likeness (QED) is 0.699. The van der Waals surface area contributed by atoms with E-state index in [1.165, 1.54) is 0 Å². The van der Waals surface area contributed by atoms with Crippen molar-refractivity contribution < 1.29 is 25.9 Å². The molecule has 0 fully saturated rings. The van der Waals surface area contributed by atoms with E-state index in [9.17, 15) is 4.79 Å². The molecule has 0 aromatic carbocycles. The molecule has 9 heavy (non-hydrogen) atoms. The Hall–Kier alpha value is 0.188. The van der Waals surface area contributed by atoms with Gasteiger partial charge in [0, 0.05) is 5.78 Å². The van der Waals surface area contributed by atoms with Gasteiger partial charge in [0.15, 0.2) is 0 Å². The Labute approximate surface area is 70.9 Å². The molecule has 0 aliphatic heterocycles. The van der Waals surface area contributed by atoms with E-state index in [4.69, 9.17) is 0 Å². The van der Waals surface area contributed by atoms with Gasteiger partial charge in [-0.25, -0.2) is 0 Å². The molecule has 0 saturated heterocycles. The normalized spacial score (nSPS) is 8.56. The van der Waals surface area contributed by atoms with Crippen LogP contribution in [0.15, 0.2) is 0 Å². The van der Waals surface area contributed by atoms with Gasteiger partial charge in [-0.05, 0) is 21.0 Å². The third-order valence-electron chi connectivity index (χ3n) is 1.18. The Bertz CT molecular complexity index is 93.1. The fourth-order valence-electron chi connectivity index (χ4n) is 0.315. The van der Waals surface area contributed by atoms with Gasteiger partial charge >= 0.3 is 21.1 Å². The topological polar surface area (TPSA) is 20.3 Å². The average Bonchev–Trinajstić information content (AvgIpc) is 1.64. The maximum atomic E-state index is 10.5. The number of carbonyl (C=O) groups excluding carboxylic acids is 1. The molecule has 0 aromatic heterocycles. The standard InChI is InChI=1S/C6H12NO.W/c1-5(6(2)8)7(3)4;/h1-4H3;/q-1;+2. The monoisotopic (exact) mass is 298 g/mol.